The van der Waals surface area contributed by atoms with Crippen LogP contribution in [0, 0.1) is 0 Å². The summed E-state index contributed by atoms with van der Waals surface area (Å²) in [6.07, 6.45) is 4.26. The van der Waals surface area contributed by atoms with Crippen LogP contribution >= 0.6 is 24.0 Å². The lowest BCUT2D eigenvalue weighted by Crippen LogP contribution is -2.52. The number of piperazine rings is 1. The minimum Gasteiger partial charge on any atom is -0.372 e. The minimum atomic E-state index is 0. The van der Waals surface area contributed by atoms with Crippen LogP contribution in [0.5, 0.6) is 0 Å². The van der Waals surface area contributed by atoms with Crippen LogP contribution in [0.25, 0.3) is 0 Å². The third-order valence-corrected chi connectivity index (χ3v) is 5.85. The highest BCUT2D eigenvalue weighted by molar-refractivity contribution is 14.0. The summed E-state index contributed by atoms with van der Waals surface area (Å²) < 4.78 is 5.83. The molecule has 9 heteroatoms. The van der Waals surface area contributed by atoms with E-state index in [1.807, 2.05) is 24.5 Å². The number of aromatic nitrogens is 2. The number of pyridine rings is 2. The summed E-state index contributed by atoms with van der Waals surface area (Å²) in [5.74, 6) is 3.02. The molecule has 2 fully saturated rings. The van der Waals surface area contributed by atoms with Gasteiger partial charge in [-0.2, -0.15) is 0 Å². The Labute approximate surface area is 214 Å². The molecule has 2 aromatic rings. The fourth-order valence-electron chi connectivity index (χ4n) is 4.34. The first kappa shape index (κ1) is 25.5. The van der Waals surface area contributed by atoms with Crippen LogP contribution in [0.2, 0.25) is 0 Å². The lowest BCUT2D eigenvalue weighted by molar-refractivity contribution is -0.00545. The molecule has 8 nitrogen and oxygen atoms in total. The van der Waals surface area contributed by atoms with Gasteiger partial charge in [-0.3, -0.25) is 0 Å². The number of aliphatic imine (C=N–C) groups is 1. The first-order chi connectivity index (χ1) is 15.6. The molecular weight excluding hydrogens is 529 g/mol. The quantitative estimate of drug-likeness (QED) is 0.340. The van der Waals surface area contributed by atoms with Gasteiger partial charge in [0.2, 0.25) is 0 Å². The molecule has 2 atom stereocenters. The molecule has 2 aliphatic rings. The maximum absolute atomic E-state index is 5.83. The van der Waals surface area contributed by atoms with E-state index in [-0.39, 0.29) is 36.2 Å². The Morgan fingerprint density at radius 1 is 1.00 bits per heavy atom. The van der Waals surface area contributed by atoms with Gasteiger partial charge in [-0.15, -0.1) is 24.0 Å². The van der Waals surface area contributed by atoms with Crippen molar-refractivity contribution < 1.29 is 4.74 Å². The maximum atomic E-state index is 5.83. The summed E-state index contributed by atoms with van der Waals surface area (Å²) >= 11 is 0. The summed E-state index contributed by atoms with van der Waals surface area (Å²) in [6, 6.07) is 10.3. The van der Waals surface area contributed by atoms with Crippen molar-refractivity contribution in [1.82, 2.24) is 20.2 Å². The predicted molar refractivity (Wildman–Crippen MR) is 145 cm³/mol. The van der Waals surface area contributed by atoms with Crippen LogP contribution < -0.4 is 15.1 Å². The zero-order valence-corrected chi connectivity index (χ0v) is 22.2. The number of rotatable bonds is 5. The fourth-order valence-corrected chi connectivity index (χ4v) is 4.34. The average Bonchev–Trinajstić information content (AvgIpc) is 2.82. The van der Waals surface area contributed by atoms with Crippen molar-refractivity contribution in [2.24, 2.45) is 4.99 Å². The first-order valence-corrected chi connectivity index (χ1v) is 11.7. The van der Waals surface area contributed by atoms with Crippen molar-refractivity contribution >= 4 is 41.6 Å². The van der Waals surface area contributed by atoms with E-state index in [4.69, 9.17) is 14.7 Å². The van der Waals surface area contributed by atoms with Crippen molar-refractivity contribution in [2.75, 3.05) is 55.6 Å². The highest BCUT2D eigenvalue weighted by atomic mass is 127. The summed E-state index contributed by atoms with van der Waals surface area (Å²) in [4.78, 5) is 21.0. The molecule has 4 rings (SSSR count). The third-order valence-electron chi connectivity index (χ3n) is 5.85. The van der Waals surface area contributed by atoms with Gasteiger partial charge in [0, 0.05) is 58.2 Å². The molecular formula is C24H36IN7O. The Hall–Kier alpha value is -2.14. The molecule has 0 aliphatic carbocycles. The second-order valence-electron chi connectivity index (χ2n) is 8.52. The molecule has 2 aliphatic heterocycles. The normalized spacial score (nSPS) is 21.5. The zero-order chi connectivity index (χ0) is 22.3. The van der Waals surface area contributed by atoms with Crippen molar-refractivity contribution in [3.8, 4) is 0 Å². The summed E-state index contributed by atoms with van der Waals surface area (Å²) in [7, 11) is 0. The van der Waals surface area contributed by atoms with Gasteiger partial charge in [0.25, 0.3) is 0 Å². The predicted octanol–water partition coefficient (Wildman–Crippen LogP) is 3.00. The van der Waals surface area contributed by atoms with E-state index in [9.17, 15) is 0 Å². The highest BCUT2D eigenvalue weighted by Crippen LogP contribution is 2.19. The van der Waals surface area contributed by atoms with Crippen molar-refractivity contribution in [1.29, 1.82) is 0 Å². The second kappa shape index (κ2) is 12.4. The molecule has 0 aromatic carbocycles. The number of ether oxygens (including phenoxy) is 1. The van der Waals surface area contributed by atoms with Gasteiger partial charge in [-0.05, 0) is 44.5 Å². The van der Waals surface area contributed by atoms with Gasteiger partial charge in [0.15, 0.2) is 5.96 Å². The largest absolute Gasteiger partial charge is 0.372 e. The second-order valence-corrected chi connectivity index (χ2v) is 8.52. The molecule has 0 bridgehead atoms. The van der Waals surface area contributed by atoms with Gasteiger partial charge in [-0.25, -0.2) is 15.0 Å². The van der Waals surface area contributed by atoms with Gasteiger partial charge in [0.1, 0.15) is 11.6 Å². The molecule has 2 unspecified atom stereocenters. The van der Waals surface area contributed by atoms with Gasteiger partial charge in [0.05, 0.1) is 18.8 Å². The van der Waals surface area contributed by atoms with Crippen molar-refractivity contribution in [3.05, 3.63) is 48.3 Å². The number of hydrogen-bond acceptors (Lipinski definition) is 6. The van der Waals surface area contributed by atoms with Crippen LogP contribution in [0.4, 0.5) is 11.6 Å². The number of nitrogens with one attached hydrogen (secondary N) is 1. The molecule has 2 saturated heterocycles. The van der Waals surface area contributed by atoms with Crippen LogP contribution in [-0.2, 0) is 11.3 Å². The van der Waals surface area contributed by atoms with E-state index in [1.165, 1.54) is 0 Å². The lowest BCUT2D eigenvalue weighted by atomic mass is 10.2. The summed E-state index contributed by atoms with van der Waals surface area (Å²) in [5.41, 5.74) is 1.12. The average molecular weight is 566 g/mol. The molecule has 33 heavy (non-hydrogen) atoms. The van der Waals surface area contributed by atoms with Crippen molar-refractivity contribution in [2.45, 2.75) is 39.5 Å². The van der Waals surface area contributed by atoms with Crippen LogP contribution in [0.1, 0.15) is 26.3 Å². The Kier molecular flexibility index (Phi) is 9.54. The fraction of sp³-hybridized carbons (Fsp3) is 0.542. The topological polar surface area (TPSA) is 69.1 Å². The molecule has 2 aromatic heterocycles. The van der Waals surface area contributed by atoms with E-state index < -0.39 is 0 Å². The first-order valence-electron chi connectivity index (χ1n) is 11.7. The number of morpholine rings is 1. The molecule has 0 saturated carbocycles. The number of anilines is 2. The van der Waals surface area contributed by atoms with Crippen LogP contribution in [0.15, 0.2) is 47.7 Å². The molecule has 180 valence electrons. The smallest absolute Gasteiger partial charge is 0.194 e. The van der Waals surface area contributed by atoms with Crippen molar-refractivity contribution in [3.63, 3.8) is 0 Å². The van der Waals surface area contributed by atoms with Gasteiger partial charge >= 0.3 is 0 Å². The Bertz CT molecular complexity index is 862. The highest BCUT2D eigenvalue weighted by Gasteiger charge is 2.23. The maximum Gasteiger partial charge on any atom is 0.194 e. The van der Waals surface area contributed by atoms with Gasteiger partial charge < -0.3 is 24.8 Å². The van der Waals surface area contributed by atoms with Crippen LogP contribution in [0.3, 0.4) is 0 Å². The van der Waals surface area contributed by atoms with E-state index in [2.05, 4.69) is 64.0 Å². The third kappa shape index (κ3) is 6.92. The Morgan fingerprint density at radius 3 is 2.33 bits per heavy atom. The molecule has 1 N–H and O–H groups in total. The minimum absolute atomic E-state index is 0. The number of hydrogen-bond donors (Lipinski definition) is 1. The van der Waals surface area contributed by atoms with E-state index in [0.29, 0.717) is 6.54 Å². The van der Waals surface area contributed by atoms with E-state index >= 15 is 0 Å². The standard InChI is InChI=1S/C24H35N7O.HI/c1-4-25-24(30-13-11-29(12-14-30)22-7-5-6-10-26-22)28-16-21-8-9-23(27-15-21)31-17-19(2)32-20(3)18-31;/h5-10,15,19-20H,4,11-14,16-18H2,1-3H3,(H,25,28);1H. The summed E-state index contributed by atoms with van der Waals surface area (Å²) in [5, 5.41) is 3.45. The molecule has 4 heterocycles. The molecule has 0 spiro atoms. The van der Waals surface area contributed by atoms with Gasteiger partial charge in [-0.1, -0.05) is 12.1 Å². The molecule has 0 amide bonds. The van der Waals surface area contributed by atoms with Crippen LogP contribution in [-0.4, -0.2) is 78.8 Å². The Balaban J connectivity index is 0.00000306. The number of halogens is 1. The SMILES string of the molecule is CCNC(=NCc1ccc(N2CC(C)OC(C)C2)nc1)N1CCN(c2ccccn2)CC1.I. The zero-order valence-electron chi connectivity index (χ0n) is 19.9. The number of nitrogens with zero attached hydrogens (tertiary/aromatic N) is 6. The lowest BCUT2D eigenvalue weighted by Gasteiger charge is -2.37. The summed E-state index contributed by atoms with van der Waals surface area (Å²) in [6.45, 7) is 13.3. The van der Waals surface area contributed by atoms with E-state index in [1.54, 1.807) is 0 Å². The van der Waals surface area contributed by atoms with E-state index in [0.717, 1.165) is 69.0 Å². The number of guanidine groups is 1. The monoisotopic (exact) mass is 565 g/mol. The molecule has 0 radical (unpaired) electrons. The Morgan fingerprint density at radius 2 is 1.73 bits per heavy atom.